The smallest absolute Gasteiger partial charge is 0.128 e. The molecule has 0 fully saturated rings. The van der Waals surface area contributed by atoms with Crippen LogP contribution < -0.4 is 0 Å². The van der Waals surface area contributed by atoms with Crippen molar-refractivity contribution in [2.75, 3.05) is 6.67 Å². The van der Waals surface area contributed by atoms with E-state index in [2.05, 4.69) is 0 Å². The molecule has 0 amide bonds. The SMILES string of the molecule is CCC([18F])C[18F]. The lowest BCUT2D eigenvalue weighted by Crippen LogP contribution is -1.97. The molecule has 0 bridgehead atoms. The summed E-state index contributed by atoms with van der Waals surface area (Å²) in [6.07, 6.45) is -0.943. The first-order chi connectivity index (χ1) is 2.81. The molecule has 0 radical (unpaired) electrons. The van der Waals surface area contributed by atoms with Gasteiger partial charge < -0.3 is 0 Å². The third kappa shape index (κ3) is 2.12. The Kier molecular flexibility index (Phi) is 2.99. The minimum absolute atomic E-state index is 0.288. The summed E-state index contributed by atoms with van der Waals surface area (Å²) in [5.74, 6) is 0. The summed E-state index contributed by atoms with van der Waals surface area (Å²) in [5.41, 5.74) is 0. The van der Waals surface area contributed by atoms with Crippen molar-refractivity contribution in [2.45, 2.75) is 19.5 Å². The lowest BCUT2D eigenvalue weighted by molar-refractivity contribution is 0.254. The highest BCUT2D eigenvalue weighted by Crippen LogP contribution is 1.94. The Balaban J connectivity index is 2.75. The number of hydrogen-bond donors (Lipinski definition) is 0. The second-order valence-electron chi connectivity index (χ2n) is 1.16. The van der Waals surface area contributed by atoms with Gasteiger partial charge in [-0.15, -0.1) is 0 Å². The molecule has 2 heteroatoms. The van der Waals surface area contributed by atoms with E-state index in [1.54, 1.807) is 6.92 Å². The maximum atomic E-state index is 11.5. The molecule has 0 saturated carbocycles. The molecular formula is C4H8F2. The third-order valence-corrected chi connectivity index (χ3v) is 0.610. The Labute approximate surface area is 36.2 Å². The van der Waals surface area contributed by atoms with Gasteiger partial charge in [-0.3, -0.25) is 0 Å². The van der Waals surface area contributed by atoms with E-state index >= 15 is 0 Å². The van der Waals surface area contributed by atoms with Crippen LogP contribution in [0.2, 0.25) is 0 Å². The van der Waals surface area contributed by atoms with Gasteiger partial charge in [-0.05, 0) is 6.42 Å². The first-order valence-electron chi connectivity index (χ1n) is 2.01. The highest BCUT2D eigenvalue weighted by molar-refractivity contribution is 4.45. The van der Waals surface area contributed by atoms with Gasteiger partial charge in [-0.2, -0.15) is 0 Å². The molecular weight excluding hydrogens is 84.0 g/mol. The largest absolute Gasteiger partial charge is 0.248 e. The van der Waals surface area contributed by atoms with Crippen molar-refractivity contribution < 1.29 is 8.78 Å². The van der Waals surface area contributed by atoms with E-state index in [9.17, 15) is 8.78 Å². The van der Waals surface area contributed by atoms with Gasteiger partial charge >= 0.3 is 0 Å². The molecule has 0 aromatic rings. The summed E-state index contributed by atoms with van der Waals surface area (Å²) in [7, 11) is 0. The molecule has 0 aromatic heterocycles. The van der Waals surface area contributed by atoms with Crippen LogP contribution in [0.1, 0.15) is 13.3 Å². The summed E-state index contributed by atoms with van der Waals surface area (Å²) in [6.45, 7) is 0.779. The minimum atomic E-state index is -1.23. The molecule has 0 nitrogen and oxygen atoms in total. The predicted molar refractivity (Wildman–Crippen MR) is 21.2 cm³/mol. The molecule has 0 aliphatic heterocycles. The maximum Gasteiger partial charge on any atom is 0.128 e. The zero-order chi connectivity index (χ0) is 4.99. The molecule has 1 atom stereocenters. The first kappa shape index (κ1) is 5.86. The lowest BCUT2D eigenvalue weighted by atomic mass is 10.3. The van der Waals surface area contributed by atoms with Gasteiger partial charge in [0.25, 0.3) is 0 Å². The number of halogens is 2. The fraction of sp³-hybridized carbons (Fsp3) is 1.00. The highest BCUT2D eigenvalue weighted by atomic mass is 18.2. The Bertz CT molecular complexity index is 24.7. The average Bonchev–Trinajstić information content (AvgIpc) is 1.65. The van der Waals surface area contributed by atoms with Crippen molar-refractivity contribution in [1.82, 2.24) is 0 Å². The van der Waals surface area contributed by atoms with Gasteiger partial charge in [0.05, 0.1) is 0 Å². The third-order valence-electron chi connectivity index (χ3n) is 0.610. The van der Waals surface area contributed by atoms with Crippen molar-refractivity contribution in [1.29, 1.82) is 0 Å². The molecule has 0 saturated heterocycles. The standard InChI is InChI=1S/C4H8F2/c1-2-4(6)3-5/h4H,2-3H2,1H3/i5-1,6-1. The Morgan fingerprint density at radius 2 is 2.17 bits per heavy atom. The molecule has 0 aliphatic rings. The predicted octanol–water partition coefficient (Wildman–Crippen LogP) is 1.70. The van der Waals surface area contributed by atoms with Crippen LogP contribution in [0.4, 0.5) is 8.78 Å². The normalized spacial score (nSPS) is 14.5. The van der Waals surface area contributed by atoms with Gasteiger partial charge in [0.15, 0.2) is 0 Å². The van der Waals surface area contributed by atoms with Crippen LogP contribution in [-0.4, -0.2) is 12.8 Å². The Morgan fingerprint density at radius 1 is 1.67 bits per heavy atom. The van der Waals surface area contributed by atoms with E-state index < -0.39 is 12.8 Å². The molecule has 0 rings (SSSR count). The average molecular weight is 92.1 g/mol. The zero-order valence-corrected chi connectivity index (χ0v) is 3.75. The van der Waals surface area contributed by atoms with Crippen LogP contribution in [0.25, 0.3) is 0 Å². The van der Waals surface area contributed by atoms with Crippen molar-refractivity contribution in [3.63, 3.8) is 0 Å². The van der Waals surface area contributed by atoms with Gasteiger partial charge in [-0.25, -0.2) is 8.78 Å². The van der Waals surface area contributed by atoms with Crippen molar-refractivity contribution >= 4 is 0 Å². The lowest BCUT2D eigenvalue weighted by Gasteiger charge is -1.91. The molecule has 0 aliphatic carbocycles. The van der Waals surface area contributed by atoms with E-state index in [1.165, 1.54) is 0 Å². The molecule has 0 aromatic carbocycles. The maximum absolute atomic E-state index is 11.5. The quantitative estimate of drug-likeness (QED) is 0.486. The van der Waals surface area contributed by atoms with Crippen LogP contribution in [-0.2, 0) is 0 Å². The van der Waals surface area contributed by atoms with E-state index in [-0.39, 0.29) is 6.42 Å². The summed E-state index contributed by atoms with van der Waals surface area (Å²) in [5, 5.41) is 0. The molecule has 6 heavy (non-hydrogen) atoms. The first-order valence-corrected chi connectivity index (χ1v) is 2.01. The summed E-state index contributed by atoms with van der Waals surface area (Å²) in [6, 6.07) is 0. The van der Waals surface area contributed by atoms with Gasteiger partial charge in [0.2, 0.25) is 0 Å². The van der Waals surface area contributed by atoms with Crippen molar-refractivity contribution in [3.05, 3.63) is 0 Å². The molecule has 0 spiro atoms. The number of hydrogen-bond acceptors (Lipinski definition) is 0. The van der Waals surface area contributed by atoms with E-state index in [0.29, 0.717) is 0 Å². The van der Waals surface area contributed by atoms with Gasteiger partial charge in [0, 0.05) is 0 Å². The van der Waals surface area contributed by atoms with Gasteiger partial charge in [0.1, 0.15) is 12.8 Å². The van der Waals surface area contributed by atoms with Crippen LogP contribution in [0.5, 0.6) is 0 Å². The van der Waals surface area contributed by atoms with E-state index in [1.807, 2.05) is 0 Å². The fourth-order valence-electron chi connectivity index (χ4n) is 0.109. The Hall–Kier alpha value is -0.140. The van der Waals surface area contributed by atoms with Crippen LogP contribution in [0, 0.1) is 0 Å². The second kappa shape index (κ2) is 3.07. The summed E-state index contributed by atoms with van der Waals surface area (Å²) < 4.78 is 22.5. The number of alkyl halides is 2. The van der Waals surface area contributed by atoms with Crippen LogP contribution in [0.3, 0.4) is 0 Å². The van der Waals surface area contributed by atoms with Gasteiger partial charge in [-0.1, -0.05) is 6.92 Å². The second-order valence-corrected chi connectivity index (χ2v) is 1.16. The van der Waals surface area contributed by atoms with Crippen LogP contribution in [0.15, 0.2) is 0 Å². The molecule has 1 unspecified atom stereocenters. The zero-order valence-electron chi connectivity index (χ0n) is 3.75. The number of rotatable bonds is 2. The summed E-state index contributed by atoms with van der Waals surface area (Å²) in [4.78, 5) is 0. The van der Waals surface area contributed by atoms with E-state index in [0.717, 1.165) is 0 Å². The molecule has 38 valence electrons. The van der Waals surface area contributed by atoms with E-state index in [4.69, 9.17) is 0 Å². The summed E-state index contributed by atoms with van der Waals surface area (Å²) >= 11 is 0. The highest BCUT2D eigenvalue weighted by Gasteiger charge is 1.97. The Morgan fingerprint density at radius 3 is 2.17 bits per heavy atom. The minimum Gasteiger partial charge on any atom is -0.248 e. The fourth-order valence-corrected chi connectivity index (χ4v) is 0.109. The van der Waals surface area contributed by atoms with Crippen LogP contribution >= 0.6 is 0 Å². The molecule has 0 heterocycles. The molecule has 0 N–H and O–H groups in total. The monoisotopic (exact) mass is 92.1 g/mol. The van der Waals surface area contributed by atoms with Crippen molar-refractivity contribution in [3.8, 4) is 0 Å². The topological polar surface area (TPSA) is 0 Å². The van der Waals surface area contributed by atoms with Crippen molar-refractivity contribution in [2.24, 2.45) is 0 Å².